The van der Waals surface area contributed by atoms with E-state index in [9.17, 15) is 0 Å². The largest absolute Gasteiger partial charge is 0.317 e. The van der Waals surface area contributed by atoms with Gasteiger partial charge in [-0.05, 0) is 19.9 Å². The SMILES string of the molecule is CNC1CC(N)(N)C1. The van der Waals surface area contributed by atoms with Crippen molar-refractivity contribution in [3.05, 3.63) is 0 Å². The zero-order chi connectivity index (χ0) is 6.20. The fourth-order valence-electron chi connectivity index (χ4n) is 1.06. The van der Waals surface area contributed by atoms with Crippen LogP contribution in [0, 0.1) is 0 Å². The molecule has 0 radical (unpaired) electrons. The average Bonchev–Trinajstić information content (AvgIpc) is 1.60. The quantitative estimate of drug-likeness (QED) is 0.383. The maximum Gasteiger partial charge on any atom is 0.0666 e. The van der Waals surface area contributed by atoms with E-state index in [1.165, 1.54) is 0 Å². The molecule has 0 aromatic heterocycles. The Morgan fingerprint density at radius 2 is 2.00 bits per heavy atom. The molecule has 8 heavy (non-hydrogen) atoms. The topological polar surface area (TPSA) is 64.1 Å². The normalized spacial score (nSPS) is 27.4. The van der Waals surface area contributed by atoms with Crippen molar-refractivity contribution in [1.29, 1.82) is 0 Å². The van der Waals surface area contributed by atoms with Crippen molar-refractivity contribution in [1.82, 2.24) is 5.32 Å². The summed E-state index contributed by atoms with van der Waals surface area (Å²) >= 11 is 0. The van der Waals surface area contributed by atoms with E-state index >= 15 is 0 Å². The van der Waals surface area contributed by atoms with Gasteiger partial charge in [0.2, 0.25) is 0 Å². The first-order chi connectivity index (χ1) is 3.64. The van der Waals surface area contributed by atoms with Crippen LogP contribution in [0.25, 0.3) is 0 Å². The minimum Gasteiger partial charge on any atom is -0.317 e. The third-order valence-corrected chi connectivity index (χ3v) is 1.66. The molecular weight excluding hydrogens is 102 g/mol. The molecular formula is C5H13N3. The highest BCUT2D eigenvalue weighted by Gasteiger charge is 2.36. The highest BCUT2D eigenvalue weighted by atomic mass is 15.0. The molecule has 3 nitrogen and oxygen atoms in total. The van der Waals surface area contributed by atoms with Crippen LogP contribution in [-0.4, -0.2) is 18.8 Å². The molecule has 0 aromatic rings. The number of nitrogens with one attached hydrogen (secondary N) is 1. The first-order valence-corrected chi connectivity index (χ1v) is 2.89. The van der Waals surface area contributed by atoms with Crippen molar-refractivity contribution in [2.75, 3.05) is 7.05 Å². The molecule has 48 valence electrons. The molecule has 0 aliphatic heterocycles. The molecule has 0 spiro atoms. The van der Waals surface area contributed by atoms with Gasteiger partial charge in [-0.15, -0.1) is 0 Å². The summed E-state index contributed by atoms with van der Waals surface area (Å²) in [4.78, 5) is 0. The zero-order valence-electron chi connectivity index (χ0n) is 5.15. The van der Waals surface area contributed by atoms with Gasteiger partial charge < -0.3 is 16.8 Å². The summed E-state index contributed by atoms with van der Waals surface area (Å²) in [6.07, 6.45) is 1.81. The van der Waals surface area contributed by atoms with Crippen LogP contribution in [-0.2, 0) is 0 Å². The van der Waals surface area contributed by atoms with Gasteiger partial charge in [0.1, 0.15) is 0 Å². The van der Waals surface area contributed by atoms with Crippen LogP contribution in [0.4, 0.5) is 0 Å². The molecule has 0 atom stereocenters. The van der Waals surface area contributed by atoms with Gasteiger partial charge in [0.25, 0.3) is 0 Å². The number of hydrogen-bond donors (Lipinski definition) is 3. The Kier molecular flexibility index (Phi) is 1.27. The zero-order valence-corrected chi connectivity index (χ0v) is 5.15. The first kappa shape index (κ1) is 6.01. The fourth-order valence-corrected chi connectivity index (χ4v) is 1.06. The molecule has 1 fully saturated rings. The minimum absolute atomic E-state index is 0.367. The van der Waals surface area contributed by atoms with Crippen molar-refractivity contribution in [3.63, 3.8) is 0 Å². The summed E-state index contributed by atoms with van der Waals surface area (Å²) in [6, 6.07) is 0.560. The van der Waals surface area contributed by atoms with Gasteiger partial charge >= 0.3 is 0 Å². The standard InChI is InChI=1S/C5H13N3/c1-8-4-2-5(6,7)3-4/h4,8H,2-3,6-7H2,1H3. The predicted molar refractivity (Wildman–Crippen MR) is 33.2 cm³/mol. The Labute approximate surface area is 49.4 Å². The van der Waals surface area contributed by atoms with Crippen LogP contribution in [0.15, 0.2) is 0 Å². The third-order valence-electron chi connectivity index (χ3n) is 1.66. The summed E-state index contributed by atoms with van der Waals surface area (Å²) < 4.78 is 0. The second-order valence-corrected chi connectivity index (χ2v) is 2.63. The number of nitrogens with two attached hydrogens (primary N) is 2. The van der Waals surface area contributed by atoms with Crippen LogP contribution in [0.2, 0.25) is 0 Å². The van der Waals surface area contributed by atoms with Gasteiger partial charge in [-0.1, -0.05) is 0 Å². The molecule has 0 amide bonds. The summed E-state index contributed by atoms with van der Waals surface area (Å²) in [5.41, 5.74) is 10.7. The lowest BCUT2D eigenvalue weighted by atomic mass is 9.81. The van der Waals surface area contributed by atoms with Gasteiger partial charge in [0.05, 0.1) is 5.66 Å². The van der Waals surface area contributed by atoms with Gasteiger partial charge in [-0.25, -0.2) is 0 Å². The van der Waals surface area contributed by atoms with E-state index in [4.69, 9.17) is 11.5 Å². The first-order valence-electron chi connectivity index (χ1n) is 2.89. The Hall–Kier alpha value is -0.120. The maximum absolute atomic E-state index is 5.53. The highest BCUT2D eigenvalue weighted by Crippen LogP contribution is 2.23. The van der Waals surface area contributed by atoms with E-state index in [1.54, 1.807) is 0 Å². The minimum atomic E-state index is -0.367. The molecule has 3 heteroatoms. The van der Waals surface area contributed by atoms with E-state index in [0.717, 1.165) is 12.8 Å². The van der Waals surface area contributed by atoms with Crippen molar-refractivity contribution in [2.24, 2.45) is 11.5 Å². The second kappa shape index (κ2) is 1.69. The lowest BCUT2D eigenvalue weighted by Crippen LogP contribution is -2.64. The molecule has 1 aliphatic rings. The summed E-state index contributed by atoms with van der Waals surface area (Å²) in [5.74, 6) is 0. The fraction of sp³-hybridized carbons (Fsp3) is 1.00. The molecule has 0 bridgehead atoms. The van der Waals surface area contributed by atoms with Crippen molar-refractivity contribution in [3.8, 4) is 0 Å². The maximum atomic E-state index is 5.53. The molecule has 1 saturated carbocycles. The Morgan fingerprint density at radius 1 is 1.50 bits per heavy atom. The van der Waals surface area contributed by atoms with Crippen LogP contribution in [0.3, 0.4) is 0 Å². The number of hydrogen-bond acceptors (Lipinski definition) is 3. The van der Waals surface area contributed by atoms with Crippen molar-refractivity contribution >= 4 is 0 Å². The number of rotatable bonds is 1. The van der Waals surface area contributed by atoms with Crippen LogP contribution in [0.5, 0.6) is 0 Å². The predicted octanol–water partition coefficient (Wildman–Crippen LogP) is -1.02. The molecule has 1 rings (SSSR count). The van der Waals surface area contributed by atoms with Gasteiger partial charge in [0.15, 0.2) is 0 Å². The summed E-state index contributed by atoms with van der Waals surface area (Å²) in [6.45, 7) is 0. The monoisotopic (exact) mass is 115 g/mol. The Balaban J connectivity index is 2.21. The molecule has 0 heterocycles. The van der Waals surface area contributed by atoms with Crippen LogP contribution < -0.4 is 16.8 Å². The lowest BCUT2D eigenvalue weighted by molar-refractivity contribution is 0.191. The smallest absolute Gasteiger partial charge is 0.0666 e. The third kappa shape index (κ3) is 0.992. The lowest BCUT2D eigenvalue weighted by Gasteiger charge is -2.41. The molecule has 0 saturated heterocycles. The molecule has 0 unspecified atom stereocenters. The Morgan fingerprint density at radius 3 is 2.12 bits per heavy atom. The Bertz CT molecular complexity index is 81.7. The van der Waals surface area contributed by atoms with Gasteiger partial charge in [-0.2, -0.15) is 0 Å². The molecule has 1 aliphatic carbocycles. The van der Waals surface area contributed by atoms with Gasteiger partial charge in [-0.3, -0.25) is 0 Å². The van der Waals surface area contributed by atoms with Gasteiger partial charge in [0, 0.05) is 6.04 Å². The van der Waals surface area contributed by atoms with E-state index in [-0.39, 0.29) is 5.66 Å². The van der Waals surface area contributed by atoms with E-state index in [0.29, 0.717) is 6.04 Å². The molecule has 0 aromatic carbocycles. The highest BCUT2D eigenvalue weighted by molar-refractivity contribution is 4.96. The van der Waals surface area contributed by atoms with E-state index < -0.39 is 0 Å². The van der Waals surface area contributed by atoms with Crippen molar-refractivity contribution in [2.45, 2.75) is 24.5 Å². The van der Waals surface area contributed by atoms with Crippen LogP contribution in [0.1, 0.15) is 12.8 Å². The van der Waals surface area contributed by atoms with E-state index in [1.807, 2.05) is 7.05 Å². The van der Waals surface area contributed by atoms with E-state index in [2.05, 4.69) is 5.32 Å². The van der Waals surface area contributed by atoms with Crippen molar-refractivity contribution < 1.29 is 0 Å². The molecule has 5 N–H and O–H groups in total. The summed E-state index contributed by atoms with van der Waals surface area (Å²) in [5, 5.41) is 3.10. The average molecular weight is 115 g/mol. The summed E-state index contributed by atoms with van der Waals surface area (Å²) in [7, 11) is 1.93. The second-order valence-electron chi connectivity index (χ2n) is 2.63. The van der Waals surface area contributed by atoms with Crippen LogP contribution >= 0.6 is 0 Å².